The summed E-state index contributed by atoms with van der Waals surface area (Å²) in [5, 5.41) is 3.10. The Morgan fingerprint density at radius 1 is 1.33 bits per heavy atom. The van der Waals surface area contributed by atoms with Gasteiger partial charge in [0, 0.05) is 5.56 Å². The number of halogens is 1. The van der Waals surface area contributed by atoms with Gasteiger partial charge in [0.2, 0.25) is 0 Å². The zero-order chi connectivity index (χ0) is 13.0. The lowest BCUT2D eigenvalue weighted by Crippen LogP contribution is -2.22. The van der Waals surface area contributed by atoms with E-state index in [1.54, 1.807) is 18.2 Å². The molecule has 1 N–H and O–H groups in total. The Balaban J connectivity index is 2.24. The Morgan fingerprint density at radius 3 is 2.83 bits per heavy atom. The van der Waals surface area contributed by atoms with E-state index in [0.717, 1.165) is 5.56 Å². The fourth-order valence-electron chi connectivity index (χ4n) is 1.48. The van der Waals surface area contributed by atoms with Gasteiger partial charge < -0.3 is 9.73 Å². The van der Waals surface area contributed by atoms with Crippen molar-refractivity contribution in [1.29, 1.82) is 0 Å². The average molecular weight is 260 g/mol. The first-order valence-electron chi connectivity index (χ1n) is 5.29. The molecule has 0 unspecified atom stereocenters. The SMILES string of the molecule is C#CCNC(=O)c1ccc(-c2ccccc2Cl)o1. The number of rotatable bonds is 3. The fraction of sp³-hybridized carbons (Fsp3) is 0.0714. The summed E-state index contributed by atoms with van der Waals surface area (Å²) >= 11 is 6.04. The second kappa shape index (κ2) is 5.44. The van der Waals surface area contributed by atoms with Crippen molar-refractivity contribution in [2.24, 2.45) is 0 Å². The highest BCUT2D eigenvalue weighted by molar-refractivity contribution is 6.33. The molecule has 0 radical (unpaired) electrons. The van der Waals surface area contributed by atoms with Crippen molar-refractivity contribution in [3.63, 3.8) is 0 Å². The van der Waals surface area contributed by atoms with Crippen LogP contribution in [0.15, 0.2) is 40.8 Å². The van der Waals surface area contributed by atoms with E-state index in [9.17, 15) is 4.79 Å². The molecule has 0 aliphatic carbocycles. The molecule has 1 heterocycles. The van der Waals surface area contributed by atoms with Crippen LogP contribution in [0.5, 0.6) is 0 Å². The van der Waals surface area contributed by atoms with Gasteiger partial charge in [0.15, 0.2) is 5.76 Å². The van der Waals surface area contributed by atoms with Gasteiger partial charge in [-0.1, -0.05) is 29.7 Å². The highest BCUT2D eigenvalue weighted by atomic mass is 35.5. The molecule has 0 aliphatic rings. The minimum atomic E-state index is -0.341. The maximum Gasteiger partial charge on any atom is 0.287 e. The Labute approximate surface area is 110 Å². The van der Waals surface area contributed by atoms with Gasteiger partial charge in [0.05, 0.1) is 11.6 Å². The molecule has 0 spiro atoms. The van der Waals surface area contributed by atoms with E-state index in [1.165, 1.54) is 0 Å². The number of nitrogens with one attached hydrogen (secondary N) is 1. The number of terminal acetylenes is 1. The smallest absolute Gasteiger partial charge is 0.287 e. The van der Waals surface area contributed by atoms with E-state index in [1.807, 2.05) is 18.2 Å². The van der Waals surface area contributed by atoms with Crippen LogP contribution in [0.3, 0.4) is 0 Å². The van der Waals surface area contributed by atoms with Gasteiger partial charge in [0.1, 0.15) is 5.76 Å². The number of carbonyl (C=O) groups is 1. The van der Waals surface area contributed by atoms with Crippen LogP contribution in [0.25, 0.3) is 11.3 Å². The van der Waals surface area contributed by atoms with Gasteiger partial charge in [-0.25, -0.2) is 0 Å². The molecular weight excluding hydrogens is 250 g/mol. The van der Waals surface area contributed by atoms with Gasteiger partial charge in [-0.15, -0.1) is 6.42 Å². The summed E-state index contributed by atoms with van der Waals surface area (Å²) in [6.45, 7) is 0.168. The van der Waals surface area contributed by atoms with Crippen LogP contribution in [-0.4, -0.2) is 12.5 Å². The largest absolute Gasteiger partial charge is 0.451 e. The lowest BCUT2D eigenvalue weighted by molar-refractivity contribution is 0.0932. The van der Waals surface area contributed by atoms with E-state index in [2.05, 4.69) is 11.2 Å². The Kier molecular flexibility index (Phi) is 3.71. The van der Waals surface area contributed by atoms with E-state index in [-0.39, 0.29) is 18.2 Å². The zero-order valence-corrected chi connectivity index (χ0v) is 10.2. The molecular formula is C14H10ClNO2. The van der Waals surface area contributed by atoms with Gasteiger partial charge in [-0.05, 0) is 24.3 Å². The third-order valence-corrected chi connectivity index (χ3v) is 2.65. The van der Waals surface area contributed by atoms with Crippen molar-refractivity contribution in [2.45, 2.75) is 0 Å². The van der Waals surface area contributed by atoms with Gasteiger partial charge in [-0.2, -0.15) is 0 Å². The second-order valence-corrected chi connectivity index (χ2v) is 3.94. The first-order valence-corrected chi connectivity index (χ1v) is 5.66. The third-order valence-electron chi connectivity index (χ3n) is 2.32. The van der Waals surface area contributed by atoms with Crippen molar-refractivity contribution in [3.05, 3.63) is 47.2 Å². The molecule has 4 heteroatoms. The van der Waals surface area contributed by atoms with Crippen molar-refractivity contribution in [1.82, 2.24) is 5.32 Å². The predicted octanol–water partition coefficient (Wildman–Crippen LogP) is 2.96. The first kappa shape index (κ1) is 12.3. The molecule has 18 heavy (non-hydrogen) atoms. The summed E-state index contributed by atoms with van der Waals surface area (Å²) in [7, 11) is 0. The zero-order valence-electron chi connectivity index (χ0n) is 9.44. The molecule has 2 rings (SSSR count). The van der Waals surface area contributed by atoms with Crippen molar-refractivity contribution in [2.75, 3.05) is 6.54 Å². The summed E-state index contributed by atoms with van der Waals surface area (Å²) in [5.41, 5.74) is 0.746. The van der Waals surface area contributed by atoms with Crippen LogP contribution in [-0.2, 0) is 0 Å². The molecule has 0 saturated heterocycles. The lowest BCUT2D eigenvalue weighted by atomic mass is 10.2. The number of carbonyl (C=O) groups excluding carboxylic acids is 1. The van der Waals surface area contributed by atoms with E-state index >= 15 is 0 Å². The van der Waals surface area contributed by atoms with Crippen LogP contribution in [0.4, 0.5) is 0 Å². The molecule has 0 fully saturated rings. The van der Waals surface area contributed by atoms with Crippen molar-refractivity contribution < 1.29 is 9.21 Å². The highest BCUT2D eigenvalue weighted by Gasteiger charge is 2.12. The Morgan fingerprint density at radius 2 is 2.11 bits per heavy atom. The van der Waals surface area contributed by atoms with Crippen LogP contribution in [0, 0.1) is 12.3 Å². The van der Waals surface area contributed by atoms with Gasteiger partial charge in [-0.3, -0.25) is 4.79 Å². The highest BCUT2D eigenvalue weighted by Crippen LogP contribution is 2.28. The number of hydrogen-bond donors (Lipinski definition) is 1. The summed E-state index contributed by atoms with van der Waals surface area (Å²) < 4.78 is 5.44. The normalized spacial score (nSPS) is 9.78. The first-order chi connectivity index (χ1) is 8.72. The third kappa shape index (κ3) is 2.55. The summed E-state index contributed by atoms with van der Waals surface area (Å²) in [6.07, 6.45) is 5.06. The summed E-state index contributed by atoms with van der Waals surface area (Å²) in [5.74, 6) is 2.74. The average Bonchev–Trinajstić information content (AvgIpc) is 2.86. The number of furan rings is 1. The molecule has 3 nitrogen and oxygen atoms in total. The van der Waals surface area contributed by atoms with E-state index in [0.29, 0.717) is 10.8 Å². The standard InChI is InChI=1S/C14H10ClNO2/c1-2-9-16-14(17)13-8-7-12(18-13)10-5-3-4-6-11(10)15/h1,3-8H,9H2,(H,16,17). The fourth-order valence-corrected chi connectivity index (χ4v) is 1.71. The van der Waals surface area contributed by atoms with Crippen molar-refractivity contribution >= 4 is 17.5 Å². The quantitative estimate of drug-likeness (QED) is 0.861. The number of amides is 1. The molecule has 2 aromatic rings. The molecule has 1 aromatic heterocycles. The van der Waals surface area contributed by atoms with E-state index < -0.39 is 0 Å². The van der Waals surface area contributed by atoms with E-state index in [4.69, 9.17) is 22.4 Å². The molecule has 0 aliphatic heterocycles. The Hall–Kier alpha value is -2.18. The molecule has 0 saturated carbocycles. The molecule has 1 amide bonds. The molecule has 0 bridgehead atoms. The lowest BCUT2D eigenvalue weighted by Gasteiger charge is -2.00. The minimum absolute atomic E-state index is 0.168. The predicted molar refractivity (Wildman–Crippen MR) is 70.3 cm³/mol. The summed E-state index contributed by atoms with van der Waals surface area (Å²) in [4.78, 5) is 11.6. The monoisotopic (exact) mass is 259 g/mol. The van der Waals surface area contributed by atoms with Crippen LogP contribution < -0.4 is 5.32 Å². The van der Waals surface area contributed by atoms with Crippen molar-refractivity contribution in [3.8, 4) is 23.7 Å². The van der Waals surface area contributed by atoms with Crippen LogP contribution in [0.2, 0.25) is 5.02 Å². The minimum Gasteiger partial charge on any atom is -0.451 e. The Bertz CT molecular complexity index is 610. The van der Waals surface area contributed by atoms with Crippen LogP contribution in [0.1, 0.15) is 10.6 Å². The maximum absolute atomic E-state index is 11.6. The topological polar surface area (TPSA) is 42.2 Å². The molecule has 90 valence electrons. The van der Waals surface area contributed by atoms with Gasteiger partial charge in [0.25, 0.3) is 5.91 Å². The maximum atomic E-state index is 11.6. The van der Waals surface area contributed by atoms with Gasteiger partial charge >= 0.3 is 0 Å². The number of benzene rings is 1. The second-order valence-electron chi connectivity index (χ2n) is 3.53. The molecule has 0 atom stereocenters. The van der Waals surface area contributed by atoms with Crippen LogP contribution >= 0.6 is 11.6 Å². The summed E-state index contributed by atoms with van der Waals surface area (Å²) in [6, 6.07) is 10.6. The molecule has 1 aromatic carbocycles. The number of hydrogen-bond acceptors (Lipinski definition) is 2.